The molecule has 0 aromatic heterocycles. The number of carbonyl (C=O) groups is 3. The lowest BCUT2D eigenvalue weighted by atomic mass is 10.1. The molecule has 0 N–H and O–H groups in total. The number of hydrogen-bond acceptors (Lipinski definition) is 6. The van der Waals surface area contributed by atoms with Gasteiger partial charge in [0.1, 0.15) is 13.2 Å². The summed E-state index contributed by atoms with van der Waals surface area (Å²) >= 11 is 0. The summed E-state index contributed by atoms with van der Waals surface area (Å²) in [5, 5.41) is 0. The van der Waals surface area contributed by atoms with E-state index in [9.17, 15) is 14.4 Å². The Labute approximate surface area is 382 Å². The maximum atomic E-state index is 12.8. The van der Waals surface area contributed by atoms with Gasteiger partial charge in [-0.05, 0) is 109 Å². The van der Waals surface area contributed by atoms with Crippen LogP contribution in [0.1, 0.15) is 233 Å². The maximum absolute atomic E-state index is 12.8. The molecule has 0 aliphatic heterocycles. The average molecular weight is 863 g/mol. The lowest BCUT2D eigenvalue weighted by molar-refractivity contribution is -0.167. The van der Waals surface area contributed by atoms with E-state index < -0.39 is 6.10 Å². The minimum absolute atomic E-state index is 0.103. The van der Waals surface area contributed by atoms with E-state index in [0.29, 0.717) is 19.3 Å². The molecule has 0 radical (unpaired) electrons. The minimum atomic E-state index is -0.806. The molecule has 0 aromatic carbocycles. The van der Waals surface area contributed by atoms with Gasteiger partial charge in [-0.2, -0.15) is 0 Å². The Bertz CT molecular complexity index is 1220. The van der Waals surface area contributed by atoms with E-state index in [2.05, 4.69) is 106 Å². The maximum Gasteiger partial charge on any atom is 0.306 e. The zero-order chi connectivity index (χ0) is 45.1. The summed E-state index contributed by atoms with van der Waals surface area (Å²) in [6.07, 6.45) is 64.3. The van der Waals surface area contributed by atoms with E-state index in [4.69, 9.17) is 14.2 Å². The fourth-order valence-electron chi connectivity index (χ4n) is 6.82. The highest BCUT2D eigenvalue weighted by Crippen LogP contribution is 2.13. The molecule has 0 amide bonds. The van der Waals surface area contributed by atoms with Crippen LogP contribution in [-0.4, -0.2) is 37.2 Å². The van der Waals surface area contributed by atoms with Gasteiger partial charge in [0.25, 0.3) is 0 Å². The molecular formula is C56H94O6. The molecule has 0 saturated heterocycles. The summed E-state index contributed by atoms with van der Waals surface area (Å²) in [7, 11) is 0. The van der Waals surface area contributed by atoms with Gasteiger partial charge in [0.15, 0.2) is 6.10 Å². The van der Waals surface area contributed by atoms with E-state index in [-0.39, 0.29) is 31.1 Å². The standard InChI is InChI=1S/C56H94O6/c1-4-7-10-13-16-19-22-25-27-28-29-30-32-34-37-40-43-46-49-55(58)61-52-53(51-60-54(57)48-45-42-39-36-33-24-21-18-15-12-9-6-3)62-56(59)50-47-44-41-38-35-31-26-23-20-17-14-11-8-5-2/h8-9,11-12,17-18,20-21,26,29-31,33,36,53H,4-7,10,13-16,19,22-25,27-28,32,34-35,37-52H2,1-3H3/b11-8-,12-9-,20-17-,21-18-,30-29-,31-26-,36-33-. The second kappa shape index (κ2) is 50.2. The van der Waals surface area contributed by atoms with Crippen LogP contribution in [0.4, 0.5) is 0 Å². The summed E-state index contributed by atoms with van der Waals surface area (Å²) in [4.78, 5) is 37.9. The first-order valence-corrected chi connectivity index (χ1v) is 25.6. The molecule has 0 bridgehead atoms. The number of carbonyl (C=O) groups excluding carboxylic acids is 3. The molecule has 1 unspecified atom stereocenters. The van der Waals surface area contributed by atoms with E-state index >= 15 is 0 Å². The van der Waals surface area contributed by atoms with Crippen molar-refractivity contribution < 1.29 is 28.6 Å². The van der Waals surface area contributed by atoms with Crippen molar-refractivity contribution in [1.82, 2.24) is 0 Å². The van der Waals surface area contributed by atoms with Crippen molar-refractivity contribution in [3.05, 3.63) is 85.1 Å². The Hall–Kier alpha value is -3.41. The molecule has 354 valence electrons. The van der Waals surface area contributed by atoms with Crippen LogP contribution in [0, 0.1) is 0 Å². The molecule has 6 nitrogen and oxygen atoms in total. The Balaban J connectivity index is 4.44. The summed E-state index contributed by atoms with van der Waals surface area (Å²) < 4.78 is 16.7. The van der Waals surface area contributed by atoms with Crippen molar-refractivity contribution in [3.8, 4) is 0 Å². The molecule has 6 heteroatoms. The van der Waals surface area contributed by atoms with Crippen molar-refractivity contribution in [1.29, 1.82) is 0 Å². The molecule has 0 aliphatic carbocycles. The third-order valence-corrected chi connectivity index (χ3v) is 10.6. The van der Waals surface area contributed by atoms with Crippen LogP contribution in [0.25, 0.3) is 0 Å². The first-order valence-electron chi connectivity index (χ1n) is 25.6. The zero-order valence-corrected chi connectivity index (χ0v) is 40.4. The summed E-state index contributed by atoms with van der Waals surface area (Å²) in [6, 6.07) is 0. The lowest BCUT2D eigenvalue weighted by Gasteiger charge is -2.18. The predicted octanol–water partition coefficient (Wildman–Crippen LogP) is 16.8. The van der Waals surface area contributed by atoms with Crippen molar-refractivity contribution in [2.24, 2.45) is 0 Å². The highest BCUT2D eigenvalue weighted by Gasteiger charge is 2.19. The zero-order valence-electron chi connectivity index (χ0n) is 40.4. The van der Waals surface area contributed by atoms with Gasteiger partial charge < -0.3 is 14.2 Å². The van der Waals surface area contributed by atoms with E-state index in [0.717, 1.165) is 116 Å². The highest BCUT2D eigenvalue weighted by molar-refractivity contribution is 5.71. The van der Waals surface area contributed by atoms with Gasteiger partial charge in [0.2, 0.25) is 0 Å². The second-order valence-electron chi connectivity index (χ2n) is 16.7. The first kappa shape index (κ1) is 58.6. The van der Waals surface area contributed by atoms with Crippen molar-refractivity contribution in [2.75, 3.05) is 13.2 Å². The van der Waals surface area contributed by atoms with E-state index in [1.54, 1.807) is 0 Å². The fourth-order valence-corrected chi connectivity index (χ4v) is 6.82. The normalized spacial score (nSPS) is 12.8. The predicted molar refractivity (Wildman–Crippen MR) is 265 cm³/mol. The number of unbranched alkanes of at least 4 members (excludes halogenated alkanes) is 20. The van der Waals surface area contributed by atoms with Gasteiger partial charge in [0, 0.05) is 19.3 Å². The molecule has 0 heterocycles. The molecule has 0 rings (SSSR count). The number of esters is 3. The molecule has 0 aromatic rings. The Morgan fingerprint density at radius 3 is 1.03 bits per heavy atom. The van der Waals surface area contributed by atoms with Gasteiger partial charge in [-0.15, -0.1) is 0 Å². The number of rotatable bonds is 45. The van der Waals surface area contributed by atoms with Gasteiger partial charge in [-0.25, -0.2) is 0 Å². The first-order chi connectivity index (χ1) is 30.5. The third-order valence-electron chi connectivity index (χ3n) is 10.6. The quantitative estimate of drug-likeness (QED) is 0.0263. The van der Waals surface area contributed by atoms with E-state index in [1.165, 1.54) is 77.0 Å². The van der Waals surface area contributed by atoms with Gasteiger partial charge >= 0.3 is 17.9 Å². The monoisotopic (exact) mass is 863 g/mol. The van der Waals surface area contributed by atoms with Gasteiger partial charge in [-0.1, -0.05) is 189 Å². The van der Waals surface area contributed by atoms with Crippen molar-refractivity contribution in [3.63, 3.8) is 0 Å². The lowest BCUT2D eigenvalue weighted by Crippen LogP contribution is -2.30. The Morgan fingerprint density at radius 2 is 0.629 bits per heavy atom. The molecular weight excluding hydrogens is 769 g/mol. The molecule has 0 fully saturated rings. The van der Waals surface area contributed by atoms with E-state index in [1.807, 2.05) is 0 Å². The summed E-state index contributed by atoms with van der Waals surface area (Å²) in [6.45, 7) is 6.34. The number of allylic oxidation sites excluding steroid dienone is 14. The number of ether oxygens (including phenoxy) is 3. The minimum Gasteiger partial charge on any atom is -0.462 e. The van der Waals surface area contributed by atoms with Crippen LogP contribution in [0.5, 0.6) is 0 Å². The van der Waals surface area contributed by atoms with Crippen LogP contribution < -0.4 is 0 Å². The van der Waals surface area contributed by atoms with Gasteiger partial charge in [0.05, 0.1) is 0 Å². The van der Waals surface area contributed by atoms with Crippen LogP contribution in [0.3, 0.4) is 0 Å². The van der Waals surface area contributed by atoms with Crippen molar-refractivity contribution >= 4 is 17.9 Å². The Kier molecular flexibility index (Phi) is 47.5. The van der Waals surface area contributed by atoms with Crippen LogP contribution in [0.15, 0.2) is 85.1 Å². The topological polar surface area (TPSA) is 78.9 Å². The molecule has 0 spiro atoms. The van der Waals surface area contributed by atoms with Crippen LogP contribution in [0.2, 0.25) is 0 Å². The fraction of sp³-hybridized carbons (Fsp3) is 0.696. The van der Waals surface area contributed by atoms with Crippen LogP contribution in [-0.2, 0) is 28.6 Å². The van der Waals surface area contributed by atoms with Crippen LogP contribution >= 0.6 is 0 Å². The molecule has 62 heavy (non-hydrogen) atoms. The van der Waals surface area contributed by atoms with Crippen molar-refractivity contribution in [2.45, 2.75) is 239 Å². The number of hydrogen-bond donors (Lipinski definition) is 0. The van der Waals surface area contributed by atoms with Gasteiger partial charge in [-0.3, -0.25) is 14.4 Å². The summed E-state index contributed by atoms with van der Waals surface area (Å²) in [5.41, 5.74) is 0. The highest BCUT2D eigenvalue weighted by atomic mass is 16.6. The molecule has 1 atom stereocenters. The summed E-state index contributed by atoms with van der Waals surface area (Å²) in [5.74, 6) is -0.976. The molecule has 0 saturated carbocycles. The Morgan fingerprint density at radius 1 is 0.339 bits per heavy atom. The largest absolute Gasteiger partial charge is 0.462 e. The average Bonchev–Trinajstić information content (AvgIpc) is 3.27. The second-order valence-corrected chi connectivity index (χ2v) is 16.7. The third kappa shape index (κ3) is 47.6. The smallest absolute Gasteiger partial charge is 0.306 e. The molecule has 0 aliphatic rings. The SMILES string of the molecule is CC/C=C\C/C=C\C/C=C\CCCCCCC(=O)OC(COC(=O)CCCC/C=C\C/C=C\C/C=C\CC)COC(=O)CCCCCCC/C=C\CCCCCCCCCCC.